The lowest BCUT2D eigenvalue weighted by molar-refractivity contribution is -0.123. The molecule has 21 heavy (non-hydrogen) atoms. The molecular weight excluding hydrogens is 266 g/mol. The second-order valence-corrected chi connectivity index (χ2v) is 5.43. The molecule has 2 rings (SSSR count). The van der Waals surface area contributed by atoms with E-state index in [9.17, 15) is 4.79 Å². The van der Waals surface area contributed by atoms with E-state index in [2.05, 4.69) is 11.4 Å². The number of hydrogen-bond donors (Lipinski definition) is 2. The maximum absolute atomic E-state index is 11.5. The fraction of sp³-hybridized carbons (Fsp3) is 0.500. The number of rotatable bonds is 5. The van der Waals surface area contributed by atoms with E-state index in [1.807, 2.05) is 12.1 Å². The number of carbonyl (C=O) groups excluding carboxylic acids is 1. The molecule has 3 N–H and O–H groups in total. The van der Waals surface area contributed by atoms with Gasteiger partial charge in [0.1, 0.15) is 11.8 Å². The molecule has 5 nitrogen and oxygen atoms in total. The molecule has 1 fully saturated rings. The number of nitrogens with one attached hydrogen (secondary N) is 1. The first-order chi connectivity index (χ1) is 10.2. The van der Waals surface area contributed by atoms with Crippen LogP contribution in [0, 0.1) is 17.2 Å². The Morgan fingerprint density at radius 3 is 2.90 bits per heavy atom. The van der Waals surface area contributed by atoms with Gasteiger partial charge < -0.3 is 15.8 Å². The maximum Gasteiger partial charge on any atom is 0.222 e. The van der Waals surface area contributed by atoms with Crippen molar-refractivity contribution >= 4 is 5.91 Å². The normalized spacial score (nSPS) is 21.5. The summed E-state index contributed by atoms with van der Waals surface area (Å²) in [5, 5.41) is 12.5. The standard InChI is InChI=1S/C16H21N3O2/c1-21-15-7-6-11(8-12(15)9-17)10-19-14-5-3-2-4-13(14)16(18)20/h6-8,13-14,19H,2-5,10H2,1H3,(H2,18,20)/t13-,14+/m0/s1. The first-order valence-corrected chi connectivity index (χ1v) is 7.25. The molecule has 0 aromatic heterocycles. The number of ether oxygens (including phenoxy) is 1. The molecule has 0 radical (unpaired) electrons. The zero-order valence-electron chi connectivity index (χ0n) is 12.3. The predicted octanol–water partition coefficient (Wildman–Crippen LogP) is 1.70. The van der Waals surface area contributed by atoms with Crippen LogP contribution >= 0.6 is 0 Å². The lowest BCUT2D eigenvalue weighted by Crippen LogP contribution is -2.44. The Bertz CT molecular complexity index is 551. The van der Waals surface area contributed by atoms with E-state index in [4.69, 9.17) is 15.7 Å². The van der Waals surface area contributed by atoms with Crippen LogP contribution < -0.4 is 15.8 Å². The highest BCUT2D eigenvalue weighted by Crippen LogP contribution is 2.25. The van der Waals surface area contributed by atoms with Crippen LogP contribution in [-0.4, -0.2) is 19.1 Å². The van der Waals surface area contributed by atoms with Crippen molar-refractivity contribution in [2.24, 2.45) is 11.7 Å². The van der Waals surface area contributed by atoms with Crippen LogP contribution in [-0.2, 0) is 11.3 Å². The molecule has 112 valence electrons. The van der Waals surface area contributed by atoms with Gasteiger partial charge in [0.2, 0.25) is 5.91 Å². The number of benzene rings is 1. The van der Waals surface area contributed by atoms with Gasteiger partial charge in [0.25, 0.3) is 0 Å². The Labute approximate surface area is 125 Å². The highest BCUT2D eigenvalue weighted by molar-refractivity contribution is 5.77. The molecule has 0 saturated heterocycles. The molecule has 1 aromatic rings. The number of nitriles is 1. The van der Waals surface area contributed by atoms with Crippen molar-refractivity contribution in [2.75, 3.05) is 7.11 Å². The van der Waals surface area contributed by atoms with Crippen molar-refractivity contribution < 1.29 is 9.53 Å². The van der Waals surface area contributed by atoms with Crippen LogP contribution in [0.1, 0.15) is 36.8 Å². The SMILES string of the molecule is COc1ccc(CN[C@@H]2CCCC[C@@H]2C(N)=O)cc1C#N. The first kappa shape index (κ1) is 15.3. The van der Waals surface area contributed by atoms with Gasteiger partial charge in [-0.2, -0.15) is 5.26 Å². The van der Waals surface area contributed by atoms with Gasteiger partial charge in [0.15, 0.2) is 0 Å². The van der Waals surface area contributed by atoms with Gasteiger partial charge in [-0.05, 0) is 30.5 Å². The molecule has 0 heterocycles. The number of methoxy groups -OCH3 is 1. The molecular formula is C16H21N3O2. The summed E-state index contributed by atoms with van der Waals surface area (Å²) in [6.07, 6.45) is 4.01. The van der Waals surface area contributed by atoms with Gasteiger partial charge in [-0.1, -0.05) is 18.9 Å². The minimum Gasteiger partial charge on any atom is -0.495 e. The summed E-state index contributed by atoms with van der Waals surface area (Å²) in [7, 11) is 1.55. The first-order valence-electron chi connectivity index (χ1n) is 7.25. The van der Waals surface area contributed by atoms with Crippen molar-refractivity contribution in [3.05, 3.63) is 29.3 Å². The lowest BCUT2D eigenvalue weighted by atomic mass is 9.84. The molecule has 5 heteroatoms. The molecule has 0 spiro atoms. The summed E-state index contributed by atoms with van der Waals surface area (Å²) in [4.78, 5) is 11.5. The molecule has 0 aliphatic heterocycles. The highest BCUT2D eigenvalue weighted by Gasteiger charge is 2.28. The number of hydrogen-bond acceptors (Lipinski definition) is 4. The van der Waals surface area contributed by atoms with Crippen LogP contribution in [0.4, 0.5) is 0 Å². The third-order valence-corrected chi connectivity index (χ3v) is 4.08. The topological polar surface area (TPSA) is 88.1 Å². The fourth-order valence-electron chi connectivity index (χ4n) is 2.92. The summed E-state index contributed by atoms with van der Waals surface area (Å²) < 4.78 is 5.13. The van der Waals surface area contributed by atoms with Crippen LogP contribution in [0.25, 0.3) is 0 Å². The Hall–Kier alpha value is -2.06. The van der Waals surface area contributed by atoms with E-state index in [0.717, 1.165) is 31.2 Å². The van der Waals surface area contributed by atoms with Crippen molar-refractivity contribution in [1.82, 2.24) is 5.32 Å². The second-order valence-electron chi connectivity index (χ2n) is 5.43. The van der Waals surface area contributed by atoms with Crippen molar-refractivity contribution in [2.45, 2.75) is 38.3 Å². The number of primary amides is 1. The Balaban J connectivity index is 2.02. The van der Waals surface area contributed by atoms with E-state index in [1.54, 1.807) is 13.2 Å². The number of nitrogens with zero attached hydrogens (tertiary/aromatic N) is 1. The van der Waals surface area contributed by atoms with Crippen LogP contribution in [0.15, 0.2) is 18.2 Å². The fourth-order valence-corrected chi connectivity index (χ4v) is 2.92. The predicted molar refractivity (Wildman–Crippen MR) is 79.5 cm³/mol. The monoisotopic (exact) mass is 287 g/mol. The minimum atomic E-state index is -0.223. The van der Waals surface area contributed by atoms with Crippen LogP contribution in [0.3, 0.4) is 0 Å². The quantitative estimate of drug-likeness (QED) is 0.862. The summed E-state index contributed by atoms with van der Waals surface area (Å²) >= 11 is 0. The van der Waals surface area contributed by atoms with E-state index in [0.29, 0.717) is 17.9 Å². The second kappa shape index (κ2) is 7.09. The smallest absolute Gasteiger partial charge is 0.222 e. The Kier molecular flexibility index (Phi) is 5.18. The van der Waals surface area contributed by atoms with E-state index >= 15 is 0 Å². The van der Waals surface area contributed by atoms with Crippen molar-refractivity contribution in [3.8, 4) is 11.8 Å². The molecule has 1 aromatic carbocycles. The third-order valence-electron chi connectivity index (χ3n) is 4.08. The summed E-state index contributed by atoms with van der Waals surface area (Å²) in [6.45, 7) is 0.618. The molecule has 0 bridgehead atoms. The van der Waals surface area contributed by atoms with E-state index in [-0.39, 0.29) is 17.9 Å². The maximum atomic E-state index is 11.5. The van der Waals surface area contributed by atoms with Crippen LogP contribution in [0.2, 0.25) is 0 Å². The minimum absolute atomic E-state index is 0.0903. The molecule has 2 atom stereocenters. The number of carbonyl (C=O) groups is 1. The zero-order chi connectivity index (χ0) is 15.2. The number of nitrogens with two attached hydrogens (primary N) is 1. The average Bonchev–Trinajstić information content (AvgIpc) is 2.52. The third kappa shape index (κ3) is 3.73. The number of amides is 1. The Morgan fingerprint density at radius 2 is 2.24 bits per heavy atom. The molecule has 1 saturated carbocycles. The Morgan fingerprint density at radius 1 is 1.48 bits per heavy atom. The van der Waals surface area contributed by atoms with Crippen molar-refractivity contribution in [3.63, 3.8) is 0 Å². The van der Waals surface area contributed by atoms with Crippen molar-refractivity contribution in [1.29, 1.82) is 5.26 Å². The summed E-state index contributed by atoms with van der Waals surface area (Å²) in [5.74, 6) is 0.265. The largest absolute Gasteiger partial charge is 0.495 e. The highest BCUT2D eigenvalue weighted by atomic mass is 16.5. The zero-order valence-corrected chi connectivity index (χ0v) is 12.3. The van der Waals surface area contributed by atoms with Gasteiger partial charge in [-0.15, -0.1) is 0 Å². The van der Waals surface area contributed by atoms with E-state index in [1.165, 1.54) is 0 Å². The summed E-state index contributed by atoms with van der Waals surface area (Å²) in [6, 6.07) is 7.79. The summed E-state index contributed by atoms with van der Waals surface area (Å²) in [5.41, 5.74) is 6.99. The van der Waals surface area contributed by atoms with Gasteiger partial charge in [0.05, 0.1) is 18.6 Å². The van der Waals surface area contributed by atoms with Gasteiger partial charge in [0, 0.05) is 12.6 Å². The van der Waals surface area contributed by atoms with Gasteiger partial charge >= 0.3 is 0 Å². The van der Waals surface area contributed by atoms with Gasteiger partial charge in [-0.3, -0.25) is 4.79 Å². The lowest BCUT2D eigenvalue weighted by Gasteiger charge is -2.30. The molecule has 1 aliphatic rings. The van der Waals surface area contributed by atoms with Crippen LogP contribution in [0.5, 0.6) is 5.75 Å². The average molecular weight is 287 g/mol. The molecule has 0 unspecified atom stereocenters. The molecule has 1 aliphatic carbocycles. The van der Waals surface area contributed by atoms with Gasteiger partial charge in [-0.25, -0.2) is 0 Å². The molecule has 1 amide bonds. The van der Waals surface area contributed by atoms with E-state index < -0.39 is 0 Å².